The number of hydrogen-bond acceptors (Lipinski definition) is 0. The maximum Gasteiger partial charge on any atom is -0.0185 e. The molecule has 0 aliphatic carbocycles. The van der Waals surface area contributed by atoms with Crippen molar-refractivity contribution in [2.75, 3.05) is 0 Å². The molecule has 0 aromatic heterocycles. The second-order valence-electron chi connectivity index (χ2n) is 8.23. The van der Waals surface area contributed by atoms with Crippen LogP contribution < -0.4 is 0 Å². The highest BCUT2D eigenvalue weighted by Crippen LogP contribution is 2.43. The quantitative estimate of drug-likeness (QED) is 0.346. The lowest BCUT2D eigenvalue weighted by molar-refractivity contribution is 0.132. The van der Waals surface area contributed by atoms with Gasteiger partial charge in [0.05, 0.1) is 0 Å². The molecule has 3 rings (SSSR count). The molecular formula is C28H34. The molecule has 0 N–H and O–H groups in total. The Hall–Kier alpha value is -2.34. The van der Waals surface area contributed by atoms with Crippen molar-refractivity contribution in [3.63, 3.8) is 0 Å². The molecule has 1 atom stereocenters. The average molecular weight is 371 g/mol. The summed E-state index contributed by atoms with van der Waals surface area (Å²) in [5, 5.41) is 0. The van der Waals surface area contributed by atoms with E-state index in [4.69, 9.17) is 0 Å². The van der Waals surface area contributed by atoms with Crippen molar-refractivity contribution in [2.24, 2.45) is 11.3 Å². The van der Waals surface area contributed by atoms with Gasteiger partial charge in [-0.2, -0.15) is 0 Å². The van der Waals surface area contributed by atoms with Gasteiger partial charge in [-0.15, -0.1) is 0 Å². The summed E-state index contributed by atoms with van der Waals surface area (Å²) in [6.07, 6.45) is 7.18. The Morgan fingerprint density at radius 2 is 1.04 bits per heavy atom. The second-order valence-corrected chi connectivity index (χ2v) is 8.23. The molecule has 0 fully saturated rings. The van der Waals surface area contributed by atoms with Gasteiger partial charge in [0.2, 0.25) is 0 Å². The third-order valence-electron chi connectivity index (χ3n) is 6.23. The molecule has 3 aromatic carbocycles. The van der Waals surface area contributed by atoms with Gasteiger partial charge in [0.15, 0.2) is 0 Å². The average Bonchev–Trinajstić information content (AvgIpc) is 2.74. The fraction of sp³-hybridized carbons (Fsp3) is 0.357. The molecule has 0 heterocycles. The first-order chi connectivity index (χ1) is 13.8. The fourth-order valence-electron chi connectivity index (χ4n) is 4.93. The zero-order valence-corrected chi connectivity index (χ0v) is 17.5. The number of hydrogen-bond donors (Lipinski definition) is 0. The maximum absolute atomic E-state index is 2.38. The highest BCUT2D eigenvalue weighted by atomic mass is 14.4. The molecule has 0 amide bonds. The predicted octanol–water partition coefficient (Wildman–Crippen LogP) is 7.53. The maximum atomic E-state index is 2.38. The summed E-state index contributed by atoms with van der Waals surface area (Å²) in [5.41, 5.74) is 4.69. The van der Waals surface area contributed by atoms with Crippen LogP contribution in [-0.4, -0.2) is 0 Å². The third kappa shape index (κ3) is 5.35. The first-order valence-electron chi connectivity index (χ1n) is 10.9. The molecule has 0 saturated carbocycles. The van der Waals surface area contributed by atoms with Gasteiger partial charge in [-0.3, -0.25) is 0 Å². The van der Waals surface area contributed by atoms with E-state index in [0.717, 1.165) is 19.3 Å². The molecule has 0 aliphatic rings. The molecule has 3 aromatic rings. The molecule has 28 heavy (non-hydrogen) atoms. The van der Waals surface area contributed by atoms with Crippen LogP contribution in [0, 0.1) is 11.3 Å². The van der Waals surface area contributed by atoms with E-state index >= 15 is 0 Å². The van der Waals surface area contributed by atoms with Gasteiger partial charge in [0.25, 0.3) is 0 Å². The van der Waals surface area contributed by atoms with E-state index in [9.17, 15) is 0 Å². The van der Waals surface area contributed by atoms with Crippen LogP contribution in [0.3, 0.4) is 0 Å². The molecule has 0 saturated heterocycles. The van der Waals surface area contributed by atoms with E-state index in [1.807, 2.05) is 0 Å². The van der Waals surface area contributed by atoms with E-state index in [2.05, 4.69) is 105 Å². The fourth-order valence-corrected chi connectivity index (χ4v) is 4.93. The minimum atomic E-state index is 0.280. The molecule has 0 nitrogen and oxygen atoms in total. The molecule has 0 spiro atoms. The zero-order chi connectivity index (χ0) is 19.7. The van der Waals surface area contributed by atoms with Crippen molar-refractivity contribution in [3.05, 3.63) is 108 Å². The highest BCUT2D eigenvalue weighted by Gasteiger charge is 2.37. The Morgan fingerprint density at radius 3 is 1.43 bits per heavy atom. The summed E-state index contributed by atoms with van der Waals surface area (Å²) in [6, 6.07) is 33.3. The topological polar surface area (TPSA) is 0 Å². The lowest BCUT2D eigenvalue weighted by Crippen LogP contribution is -2.36. The largest absolute Gasteiger partial charge is 0.0654 e. The van der Waals surface area contributed by atoms with Crippen LogP contribution in [0.25, 0.3) is 0 Å². The first-order valence-corrected chi connectivity index (χ1v) is 10.9. The van der Waals surface area contributed by atoms with Crippen LogP contribution >= 0.6 is 0 Å². The Morgan fingerprint density at radius 1 is 0.607 bits per heavy atom. The van der Waals surface area contributed by atoms with Crippen LogP contribution in [0.4, 0.5) is 0 Å². The van der Waals surface area contributed by atoms with Gasteiger partial charge >= 0.3 is 0 Å². The van der Waals surface area contributed by atoms with Crippen molar-refractivity contribution in [1.29, 1.82) is 0 Å². The molecule has 0 radical (unpaired) electrons. The second kappa shape index (κ2) is 10.3. The van der Waals surface area contributed by atoms with Crippen molar-refractivity contribution >= 4 is 0 Å². The molecule has 146 valence electrons. The van der Waals surface area contributed by atoms with Crippen LogP contribution in [0.1, 0.15) is 49.8 Å². The predicted molar refractivity (Wildman–Crippen MR) is 122 cm³/mol. The lowest BCUT2D eigenvalue weighted by Gasteiger charge is -2.42. The van der Waals surface area contributed by atoms with E-state index in [-0.39, 0.29) is 5.41 Å². The van der Waals surface area contributed by atoms with Crippen LogP contribution in [0.2, 0.25) is 0 Å². The minimum absolute atomic E-state index is 0.280. The lowest BCUT2D eigenvalue weighted by atomic mass is 9.62. The number of rotatable bonds is 10. The summed E-state index contributed by atoms with van der Waals surface area (Å²) in [5.74, 6) is 0.662. The van der Waals surface area contributed by atoms with Gasteiger partial charge in [-0.05, 0) is 53.7 Å². The van der Waals surface area contributed by atoms with Crippen molar-refractivity contribution in [2.45, 2.75) is 52.4 Å². The molecule has 0 bridgehead atoms. The van der Waals surface area contributed by atoms with Crippen molar-refractivity contribution in [3.8, 4) is 0 Å². The Labute approximate surface area is 171 Å². The first kappa shape index (κ1) is 20.4. The Bertz CT molecular complexity index is 748. The third-order valence-corrected chi connectivity index (χ3v) is 6.23. The molecule has 0 aliphatic heterocycles. The Kier molecular flexibility index (Phi) is 7.48. The van der Waals surface area contributed by atoms with Gasteiger partial charge in [0, 0.05) is 0 Å². The van der Waals surface area contributed by atoms with Crippen molar-refractivity contribution < 1.29 is 0 Å². The summed E-state index contributed by atoms with van der Waals surface area (Å²) < 4.78 is 0. The Balaban J connectivity index is 1.98. The van der Waals surface area contributed by atoms with Gasteiger partial charge in [-0.1, -0.05) is 118 Å². The summed E-state index contributed by atoms with van der Waals surface area (Å²) in [4.78, 5) is 0. The van der Waals surface area contributed by atoms with Crippen LogP contribution in [0.15, 0.2) is 91.0 Å². The number of benzene rings is 3. The van der Waals surface area contributed by atoms with Gasteiger partial charge < -0.3 is 0 Å². The van der Waals surface area contributed by atoms with Gasteiger partial charge in [-0.25, -0.2) is 0 Å². The van der Waals surface area contributed by atoms with E-state index in [1.165, 1.54) is 36.0 Å². The van der Waals surface area contributed by atoms with Crippen molar-refractivity contribution in [1.82, 2.24) is 0 Å². The van der Waals surface area contributed by atoms with Crippen LogP contribution in [0.5, 0.6) is 0 Å². The molecule has 1 unspecified atom stereocenters. The molecular weight excluding hydrogens is 336 g/mol. The summed E-state index contributed by atoms with van der Waals surface area (Å²) >= 11 is 0. The monoisotopic (exact) mass is 370 g/mol. The standard InChI is InChI=1S/C28H34/c1-3-20-28(22-25-16-10-6-11-17-25,23-26-18-12-7-13-19-26)27(4-2)21-24-14-8-5-9-15-24/h5-19,27H,3-4,20-23H2,1-2H3. The highest BCUT2D eigenvalue weighted by molar-refractivity contribution is 5.23. The smallest absolute Gasteiger partial charge is 0.0185 e. The minimum Gasteiger partial charge on any atom is -0.0654 e. The normalized spacial score (nSPS) is 12.6. The van der Waals surface area contributed by atoms with Gasteiger partial charge in [0.1, 0.15) is 0 Å². The van der Waals surface area contributed by atoms with Crippen LogP contribution in [-0.2, 0) is 19.3 Å². The molecule has 0 heteroatoms. The van der Waals surface area contributed by atoms with E-state index in [1.54, 1.807) is 0 Å². The summed E-state index contributed by atoms with van der Waals surface area (Å²) in [6.45, 7) is 4.73. The zero-order valence-electron chi connectivity index (χ0n) is 17.5. The van der Waals surface area contributed by atoms with E-state index in [0.29, 0.717) is 5.92 Å². The summed E-state index contributed by atoms with van der Waals surface area (Å²) in [7, 11) is 0. The SMILES string of the molecule is CCCC(Cc1ccccc1)(Cc1ccccc1)C(CC)Cc1ccccc1. The van der Waals surface area contributed by atoms with E-state index < -0.39 is 0 Å².